The van der Waals surface area contributed by atoms with Gasteiger partial charge >= 0.3 is 18.2 Å². The van der Waals surface area contributed by atoms with E-state index in [1.807, 2.05) is 0 Å². The van der Waals surface area contributed by atoms with Gasteiger partial charge in [-0.25, -0.2) is 4.79 Å². The first-order valence-electron chi connectivity index (χ1n) is 7.81. The first-order chi connectivity index (χ1) is 11.3. The number of halogens is 3. The third-order valence-electron chi connectivity index (χ3n) is 3.08. The fourth-order valence-corrected chi connectivity index (χ4v) is 1.91. The summed E-state index contributed by atoms with van der Waals surface area (Å²) in [6.07, 6.45) is -4.87. The quantitative estimate of drug-likeness (QED) is 0.670. The molecule has 0 bridgehead atoms. The molecule has 0 aliphatic heterocycles. The Balaban J connectivity index is 4.45. The molecule has 0 aromatic carbocycles. The summed E-state index contributed by atoms with van der Waals surface area (Å²) in [6.45, 7) is 4.92. The average molecular weight is 369 g/mol. The lowest BCUT2D eigenvalue weighted by molar-refractivity contribution is -0.184. The van der Waals surface area contributed by atoms with Crippen molar-refractivity contribution in [2.24, 2.45) is 0 Å². The lowest BCUT2D eigenvalue weighted by Gasteiger charge is -2.23. The normalized spacial score (nSPS) is 13.0. The van der Waals surface area contributed by atoms with Crippen LogP contribution in [0.25, 0.3) is 0 Å². The van der Waals surface area contributed by atoms with Gasteiger partial charge in [0.25, 0.3) is 0 Å². The van der Waals surface area contributed by atoms with Crippen LogP contribution in [0.15, 0.2) is 0 Å². The first kappa shape index (κ1) is 23.0. The third-order valence-corrected chi connectivity index (χ3v) is 3.08. The highest BCUT2D eigenvalue weighted by Gasteiger charge is 2.40. The van der Waals surface area contributed by atoms with Crippen molar-refractivity contribution >= 4 is 17.9 Å². The molecule has 146 valence electrons. The van der Waals surface area contributed by atoms with Crippen LogP contribution in [-0.4, -0.2) is 61.3 Å². The van der Waals surface area contributed by atoms with E-state index < -0.39 is 35.7 Å². The van der Waals surface area contributed by atoms with Crippen LogP contribution in [0, 0.1) is 0 Å². The molecule has 0 aliphatic rings. The van der Waals surface area contributed by atoms with Crippen molar-refractivity contribution in [1.82, 2.24) is 15.5 Å². The molecule has 0 rings (SSSR count). The topological polar surface area (TPSA) is 87.7 Å². The van der Waals surface area contributed by atoms with E-state index in [1.165, 1.54) is 7.05 Å². The molecule has 0 saturated carbocycles. The Hall–Kier alpha value is -2.00. The fraction of sp³-hybridized carbons (Fsp3) is 0.800. The summed E-state index contributed by atoms with van der Waals surface area (Å²) in [5, 5.41) is 4.82. The molecule has 0 saturated heterocycles. The second kappa shape index (κ2) is 9.47. The number of nitrogens with one attached hydrogen (secondary N) is 2. The van der Waals surface area contributed by atoms with Crippen LogP contribution in [0.3, 0.4) is 0 Å². The molecule has 7 nitrogen and oxygen atoms in total. The number of carbonyl (C=O) groups excluding carboxylic acids is 3. The van der Waals surface area contributed by atoms with Gasteiger partial charge in [-0.3, -0.25) is 9.59 Å². The molecule has 25 heavy (non-hydrogen) atoms. The van der Waals surface area contributed by atoms with Crippen LogP contribution in [-0.2, 0) is 14.3 Å². The van der Waals surface area contributed by atoms with Crippen molar-refractivity contribution < 1.29 is 32.3 Å². The number of hydrogen-bond acceptors (Lipinski definition) is 4. The van der Waals surface area contributed by atoms with Crippen LogP contribution >= 0.6 is 0 Å². The van der Waals surface area contributed by atoms with Crippen molar-refractivity contribution in [2.75, 3.05) is 20.6 Å². The van der Waals surface area contributed by atoms with E-state index in [0.29, 0.717) is 11.3 Å². The van der Waals surface area contributed by atoms with E-state index >= 15 is 0 Å². The summed E-state index contributed by atoms with van der Waals surface area (Å²) in [4.78, 5) is 35.1. The number of likely N-dealkylation sites (N-methyl/N-ethyl adjacent to an activating group) is 1. The zero-order valence-corrected chi connectivity index (χ0v) is 15.1. The molecule has 0 radical (unpaired) electrons. The van der Waals surface area contributed by atoms with Gasteiger partial charge < -0.3 is 20.3 Å². The molecule has 0 spiro atoms. The lowest BCUT2D eigenvalue weighted by atomic mass is 10.1. The number of amides is 3. The van der Waals surface area contributed by atoms with Crippen LogP contribution < -0.4 is 10.6 Å². The summed E-state index contributed by atoms with van der Waals surface area (Å²) in [7, 11) is 2.47. The molecule has 0 aromatic rings. The molecular formula is C15H26F3N3O4. The largest absolute Gasteiger partial charge is 0.471 e. The molecule has 0 aliphatic carbocycles. The molecule has 10 heteroatoms. The van der Waals surface area contributed by atoms with Crippen LogP contribution in [0.2, 0.25) is 0 Å². The molecule has 3 amide bonds. The standard InChI is InChI=1S/C15H26F3N3O4/c1-14(2,3)25-13(24)20-10(11(22)19-4)8-6-7-9-21(5)12(23)15(16,17)18/h10H,6-9H2,1-5H3,(H,19,22)(H,20,24)/t10-/m0/s1. The number of unbranched alkanes of at least 4 members (excludes halogenated alkanes) is 1. The van der Waals surface area contributed by atoms with E-state index in [0.717, 1.165) is 7.05 Å². The number of alkyl carbamates (subject to hydrolysis) is 1. The summed E-state index contributed by atoms with van der Waals surface area (Å²) in [5.41, 5.74) is -0.724. The number of rotatable bonds is 7. The van der Waals surface area contributed by atoms with Crippen molar-refractivity contribution in [2.45, 2.75) is 57.9 Å². The van der Waals surface area contributed by atoms with Crippen molar-refractivity contribution in [3.05, 3.63) is 0 Å². The van der Waals surface area contributed by atoms with Crippen LogP contribution in [0.1, 0.15) is 40.0 Å². The Morgan fingerprint density at radius 3 is 2.12 bits per heavy atom. The molecule has 0 heterocycles. The van der Waals surface area contributed by atoms with Gasteiger partial charge in [-0.2, -0.15) is 13.2 Å². The van der Waals surface area contributed by atoms with Gasteiger partial charge in [-0.05, 0) is 40.0 Å². The highest BCUT2D eigenvalue weighted by atomic mass is 19.4. The van der Waals surface area contributed by atoms with Crippen molar-refractivity contribution in [3.8, 4) is 0 Å². The van der Waals surface area contributed by atoms with Crippen molar-refractivity contribution in [1.29, 1.82) is 0 Å². The highest BCUT2D eigenvalue weighted by Crippen LogP contribution is 2.18. The number of alkyl halides is 3. The average Bonchev–Trinajstić information content (AvgIpc) is 2.45. The molecule has 1 atom stereocenters. The Bertz CT molecular complexity index is 476. The maximum atomic E-state index is 12.3. The van der Waals surface area contributed by atoms with Gasteiger partial charge in [0.2, 0.25) is 5.91 Å². The summed E-state index contributed by atoms with van der Waals surface area (Å²) in [6, 6.07) is -0.872. The molecule has 0 aromatic heterocycles. The zero-order valence-electron chi connectivity index (χ0n) is 15.1. The maximum Gasteiger partial charge on any atom is 0.471 e. The molecule has 0 unspecified atom stereocenters. The second-order valence-electron chi connectivity index (χ2n) is 6.53. The van der Waals surface area contributed by atoms with Gasteiger partial charge in [0.1, 0.15) is 11.6 Å². The number of carbonyl (C=O) groups is 3. The van der Waals surface area contributed by atoms with E-state index in [9.17, 15) is 27.6 Å². The number of nitrogens with zero attached hydrogens (tertiary/aromatic N) is 1. The van der Waals surface area contributed by atoms with E-state index in [4.69, 9.17) is 4.74 Å². The molecular weight excluding hydrogens is 343 g/mol. The first-order valence-corrected chi connectivity index (χ1v) is 7.81. The number of hydrogen-bond donors (Lipinski definition) is 2. The van der Waals surface area contributed by atoms with E-state index in [-0.39, 0.29) is 19.4 Å². The summed E-state index contributed by atoms with van der Waals surface area (Å²) < 4.78 is 41.9. The second-order valence-corrected chi connectivity index (χ2v) is 6.53. The smallest absolute Gasteiger partial charge is 0.444 e. The van der Waals surface area contributed by atoms with Gasteiger partial charge in [0.05, 0.1) is 0 Å². The Kier molecular flexibility index (Phi) is 8.72. The van der Waals surface area contributed by atoms with Crippen LogP contribution in [0.5, 0.6) is 0 Å². The highest BCUT2D eigenvalue weighted by molar-refractivity contribution is 5.85. The zero-order chi connectivity index (χ0) is 19.8. The fourth-order valence-electron chi connectivity index (χ4n) is 1.91. The van der Waals surface area contributed by atoms with Crippen molar-refractivity contribution in [3.63, 3.8) is 0 Å². The summed E-state index contributed by atoms with van der Waals surface area (Å²) in [5.74, 6) is -2.35. The third kappa shape index (κ3) is 9.78. The van der Waals surface area contributed by atoms with Gasteiger partial charge in [-0.1, -0.05) is 0 Å². The van der Waals surface area contributed by atoms with Crippen LogP contribution in [0.4, 0.5) is 18.0 Å². The lowest BCUT2D eigenvalue weighted by Crippen LogP contribution is -2.47. The molecule has 2 N–H and O–H groups in total. The van der Waals surface area contributed by atoms with E-state index in [2.05, 4.69) is 10.6 Å². The number of ether oxygens (including phenoxy) is 1. The van der Waals surface area contributed by atoms with E-state index in [1.54, 1.807) is 20.8 Å². The summed E-state index contributed by atoms with van der Waals surface area (Å²) >= 11 is 0. The molecule has 0 fully saturated rings. The minimum absolute atomic E-state index is 0.106. The predicted octanol–water partition coefficient (Wildman–Crippen LogP) is 1.82. The minimum Gasteiger partial charge on any atom is -0.444 e. The predicted molar refractivity (Wildman–Crippen MR) is 84.8 cm³/mol. The monoisotopic (exact) mass is 369 g/mol. The Morgan fingerprint density at radius 2 is 1.68 bits per heavy atom. The maximum absolute atomic E-state index is 12.3. The van der Waals surface area contributed by atoms with Gasteiger partial charge in [0.15, 0.2) is 0 Å². The van der Waals surface area contributed by atoms with Gasteiger partial charge in [-0.15, -0.1) is 0 Å². The Morgan fingerprint density at radius 1 is 1.12 bits per heavy atom. The van der Waals surface area contributed by atoms with Gasteiger partial charge in [0, 0.05) is 20.6 Å². The minimum atomic E-state index is -4.91. The SMILES string of the molecule is CNC(=O)[C@H](CCCCN(C)C(=O)C(F)(F)F)NC(=O)OC(C)(C)C. The Labute approximate surface area is 145 Å².